The number of unbranched alkanes of at least 4 members (excludes halogenated alkanes) is 2. The quantitative estimate of drug-likeness (QED) is 0.298. The van der Waals surface area contributed by atoms with Crippen molar-refractivity contribution in [3.8, 4) is 5.75 Å². The number of ether oxygens (including phenoxy) is 1. The molecule has 1 aromatic rings. The number of benzene rings is 1. The van der Waals surface area contributed by atoms with Crippen LogP contribution in [0.2, 0.25) is 0 Å². The van der Waals surface area contributed by atoms with E-state index in [0.717, 1.165) is 30.5 Å². The van der Waals surface area contributed by atoms with Crippen LogP contribution < -0.4 is 15.0 Å². The molecule has 1 atom stereocenters. The van der Waals surface area contributed by atoms with Crippen molar-refractivity contribution in [2.24, 2.45) is 5.92 Å². The Bertz CT molecular complexity index is 707. The van der Waals surface area contributed by atoms with Gasteiger partial charge in [-0.25, -0.2) is 4.79 Å². The van der Waals surface area contributed by atoms with E-state index in [4.69, 9.17) is 4.74 Å². The molecule has 0 fully saturated rings. The molecule has 0 aliphatic carbocycles. The number of nitrogens with zero attached hydrogens (tertiary/aromatic N) is 1. The van der Waals surface area contributed by atoms with Crippen molar-refractivity contribution in [3.63, 3.8) is 0 Å². The second kappa shape index (κ2) is 15.6. The molecule has 31 heavy (non-hydrogen) atoms. The maximum atomic E-state index is 12.1. The van der Waals surface area contributed by atoms with Crippen molar-refractivity contribution >= 4 is 30.0 Å². The molecule has 7 heteroatoms. The first-order valence-corrected chi connectivity index (χ1v) is 10.9. The number of nitrogens with one attached hydrogen (secondary N) is 1. The van der Waals surface area contributed by atoms with Gasteiger partial charge in [-0.3, -0.25) is 4.79 Å². The monoisotopic (exact) mass is 454 g/mol. The van der Waals surface area contributed by atoms with Crippen LogP contribution >= 0.6 is 12.4 Å². The Morgan fingerprint density at radius 3 is 2.48 bits per heavy atom. The summed E-state index contributed by atoms with van der Waals surface area (Å²) in [7, 11) is 1.57. The topological polar surface area (TPSA) is 78.9 Å². The Kier molecular flexibility index (Phi) is 14.5. The van der Waals surface area contributed by atoms with E-state index in [1.165, 1.54) is 0 Å². The molecule has 0 bridgehead atoms. The van der Waals surface area contributed by atoms with Crippen LogP contribution in [0.1, 0.15) is 65.4 Å². The van der Waals surface area contributed by atoms with Crippen molar-refractivity contribution in [2.75, 3.05) is 18.6 Å². The van der Waals surface area contributed by atoms with E-state index in [-0.39, 0.29) is 18.3 Å². The minimum Gasteiger partial charge on any atom is -0.495 e. The molecule has 0 saturated heterocycles. The van der Waals surface area contributed by atoms with Gasteiger partial charge in [0.15, 0.2) is 0 Å². The zero-order valence-corrected chi connectivity index (χ0v) is 20.3. The average Bonchev–Trinajstić information content (AvgIpc) is 2.72. The zero-order valence-electron chi connectivity index (χ0n) is 19.5. The number of methoxy groups -OCH3 is 1. The largest absolute Gasteiger partial charge is 0.495 e. The third-order valence-electron chi connectivity index (χ3n) is 4.98. The fourth-order valence-corrected chi connectivity index (χ4v) is 3.36. The maximum absolute atomic E-state index is 12.1. The van der Waals surface area contributed by atoms with E-state index in [0.29, 0.717) is 37.6 Å². The molecule has 176 valence electrons. The maximum Gasteiger partial charge on any atom is 0.326 e. The van der Waals surface area contributed by atoms with Crippen LogP contribution in [0.3, 0.4) is 0 Å². The first kappa shape index (κ1) is 28.8. The Morgan fingerprint density at radius 1 is 1.23 bits per heavy atom. The van der Waals surface area contributed by atoms with Gasteiger partial charge in [0.2, 0.25) is 5.91 Å². The highest BCUT2D eigenvalue weighted by Gasteiger charge is 2.25. The molecule has 0 aliphatic heterocycles. The first-order valence-electron chi connectivity index (χ1n) is 10.9. The zero-order chi connectivity index (χ0) is 22.5. The van der Waals surface area contributed by atoms with Gasteiger partial charge in [-0.1, -0.05) is 39.0 Å². The molecule has 1 rings (SSSR count). The van der Waals surface area contributed by atoms with Gasteiger partial charge in [-0.2, -0.15) is 0 Å². The summed E-state index contributed by atoms with van der Waals surface area (Å²) >= 11 is 0. The van der Waals surface area contributed by atoms with Gasteiger partial charge in [0, 0.05) is 19.5 Å². The minimum atomic E-state index is -0.850. The normalized spacial score (nSPS) is 11.8. The number of carbonyl (C=O) groups excluding carboxylic acids is 1. The van der Waals surface area contributed by atoms with E-state index in [2.05, 4.69) is 31.3 Å². The van der Waals surface area contributed by atoms with E-state index >= 15 is 0 Å². The minimum absolute atomic E-state index is 0. The van der Waals surface area contributed by atoms with E-state index in [1.54, 1.807) is 7.11 Å². The Morgan fingerprint density at radius 2 is 1.94 bits per heavy atom. The van der Waals surface area contributed by atoms with Crippen LogP contribution in [-0.4, -0.2) is 36.7 Å². The number of rotatable bonds is 14. The summed E-state index contributed by atoms with van der Waals surface area (Å²) in [6.07, 6.45) is 8.28. The van der Waals surface area contributed by atoms with Gasteiger partial charge in [0.1, 0.15) is 11.8 Å². The highest BCUT2D eigenvalue weighted by molar-refractivity contribution is 5.85. The van der Waals surface area contributed by atoms with Crippen LogP contribution in [-0.2, 0) is 16.1 Å². The number of anilines is 1. The van der Waals surface area contributed by atoms with Gasteiger partial charge in [0.25, 0.3) is 0 Å². The molecule has 0 aromatic heterocycles. The highest BCUT2D eigenvalue weighted by atomic mass is 35.5. The molecule has 0 spiro atoms. The summed E-state index contributed by atoms with van der Waals surface area (Å²) < 4.78 is 5.52. The number of aliphatic carboxylic acids is 1. The highest BCUT2D eigenvalue weighted by Crippen LogP contribution is 2.31. The third-order valence-corrected chi connectivity index (χ3v) is 4.98. The van der Waals surface area contributed by atoms with Gasteiger partial charge < -0.3 is 20.1 Å². The van der Waals surface area contributed by atoms with Crippen LogP contribution in [0.15, 0.2) is 30.4 Å². The van der Waals surface area contributed by atoms with Crippen molar-refractivity contribution < 1.29 is 19.4 Å². The van der Waals surface area contributed by atoms with Crippen molar-refractivity contribution in [1.29, 1.82) is 0 Å². The smallest absolute Gasteiger partial charge is 0.326 e. The van der Waals surface area contributed by atoms with Crippen LogP contribution in [0.4, 0.5) is 5.69 Å². The van der Waals surface area contributed by atoms with Crippen LogP contribution in [0, 0.1) is 5.92 Å². The fourth-order valence-electron chi connectivity index (χ4n) is 3.36. The second-order valence-electron chi connectivity index (χ2n) is 7.75. The Hall–Kier alpha value is -2.21. The summed E-state index contributed by atoms with van der Waals surface area (Å²) in [5, 5.41) is 12.5. The Labute approximate surface area is 193 Å². The predicted octanol–water partition coefficient (Wildman–Crippen LogP) is 5.20. The van der Waals surface area contributed by atoms with Gasteiger partial charge in [-0.05, 0) is 56.2 Å². The molecular weight excluding hydrogens is 416 g/mol. The first-order chi connectivity index (χ1) is 14.3. The number of allylic oxidation sites excluding steroid dienone is 2. The van der Waals surface area contributed by atoms with Crippen molar-refractivity contribution in [3.05, 3.63) is 35.9 Å². The van der Waals surface area contributed by atoms with Crippen molar-refractivity contribution in [1.82, 2.24) is 5.32 Å². The number of amides is 1. The number of carboxylic acid groups (broad SMARTS) is 1. The number of carbonyl (C=O) groups is 2. The fraction of sp³-hybridized carbons (Fsp3) is 0.583. The van der Waals surface area contributed by atoms with Gasteiger partial charge >= 0.3 is 5.97 Å². The summed E-state index contributed by atoms with van der Waals surface area (Å²) in [6.45, 7) is 9.07. The lowest BCUT2D eigenvalue weighted by Gasteiger charge is -2.30. The third kappa shape index (κ3) is 10.1. The number of likely N-dealkylation sites (N-methyl/N-ethyl adjacent to an activating group) is 1. The Balaban J connectivity index is 0.00000900. The summed E-state index contributed by atoms with van der Waals surface area (Å²) in [4.78, 5) is 25.5. The molecule has 0 radical (unpaired) electrons. The molecule has 1 aromatic carbocycles. The summed E-state index contributed by atoms with van der Waals surface area (Å²) in [5.74, 6) is 0.369. The van der Waals surface area contributed by atoms with Crippen LogP contribution in [0.25, 0.3) is 0 Å². The van der Waals surface area contributed by atoms with Crippen LogP contribution in [0.5, 0.6) is 5.75 Å². The lowest BCUT2D eigenvalue weighted by molar-refractivity contribution is -0.138. The standard InChI is InChI=1S/C24H38N2O4.ClH/c1-6-20(24(28)29)26(7-2)21-15-14-19(16-22(21)30-5)17-25-23(27)13-11-9-8-10-12-18(3)4;/h10,12,14-16,18,20H,6-9,11,13,17H2,1-5H3,(H,25,27)(H,28,29);1H/b12-10+;. The molecular formula is C24H39ClN2O4. The lowest BCUT2D eigenvalue weighted by Crippen LogP contribution is -2.41. The molecule has 0 heterocycles. The molecule has 1 amide bonds. The van der Waals surface area contributed by atoms with Gasteiger partial charge in [0.05, 0.1) is 12.8 Å². The SMILES string of the molecule is CCC(C(=O)O)N(CC)c1ccc(CNC(=O)CCCC/C=C/C(C)C)cc1OC.Cl. The molecule has 0 aliphatic rings. The summed E-state index contributed by atoms with van der Waals surface area (Å²) in [5.41, 5.74) is 1.67. The van der Waals surface area contributed by atoms with Crippen molar-refractivity contribution in [2.45, 2.75) is 72.4 Å². The molecule has 6 nitrogen and oxygen atoms in total. The number of carboxylic acids is 1. The average molecular weight is 455 g/mol. The van der Waals surface area contributed by atoms with E-state index < -0.39 is 12.0 Å². The second-order valence-corrected chi connectivity index (χ2v) is 7.75. The van der Waals surface area contributed by atoms with Gasteiger partial charge in [-0.15, -0.1) is 12.4 Å². The number of hydrogen-bond donors (Lipinski definition) is 2. The predicted molar refractivity (Wildman–Crippen MR) is 129 cm³/mol. The molecule has 0 saturated carbocycles. The molecule has 2 N–H and O–H groups in total. The van der Waals surface area contributed by atoms with E-state index in [1.807, 2.05) is 36.9 Å². The van der Waals surface area contributed by atoms with E-state index in [9.17, 15) is 14.7 Å². The number of hydrogen-bond acceptors (Lipinski definition) is 4. The lowest BCUT2D eigenvalue weighted by atomic mass is 10.1. The molecule has 1 unspecified atom stereocenters. The summed E-state index contributed by atoms with van der Waals surface area (Å²) in [6, 6.07) is 5.04. The number of halogens is 1.